The Morgan fingerprint density at radius 2 is 1.00 bits per heavy atom. The maximum atomic E-state index is 13.6. The van der Waals surface area contributed by atoms with Gasteiger partial charge in [-0.25, -0.2) is 9.59 Å². The zero-order valence-corrected chi connectivity index (χ0v) is 29.6. The van der Waals surface area contributed by atoms with Crippen molar-refractivity contribution in [3.05, 3.63) is 71.8 Å². The van der Waals surface area contributed by atoms with Gasteiger partial charge in [0.1, 0.15) is 23.4 Å². The summed E-state index contributed by atoms with van der Waals surface area (Å²) in [5, 5.41) is 49.5. The lowest BCUT2D eigenvalue weighted by Crippen LogP contribution is -2.55. The molecule has 0 heterocycles. The Bertz CT molecular complexity index is 1360. The first-order valence-electron chi connectivity index (χ1n) is 16.1. The zero-order valence-electron chi connectivity index (χ0n) is 29.6. The fraction of sp³-hybridized carbons (Fsp3) is 0.500. The van der Waals surface area contributed by atoms with Crippen LogP contribution in [0.3, 0.4) is 0 Å². The first-order chi connectivity index (χ1) is 23.3. The fourth-order valence-electron chi connectivity index (χ4n) is 4.58. The third kappa shape index (κ3) is 14.0. The molecule has 2 rings (SSSR count). The molecule has 4 unspecified atom stereocenters. The van der Waals surface area contributed by atoms with E-state index in [1.807, 2.05) is 0 Å². The van der Waals surface area contributed by atoms with Gasteiger partial charge in [-0.2, -0.15) is 0 Å². The van der Waals surface area contributed by atoms with E-state index < -0.39 is 78.9 Å². The Morgan fingerprint density at radius 3 is 1.30 bits per heavy atom. The van der Waals surface area contributed by atoms with Crippen molar-refractivity contribution >= 4 is 24.0 Å². The van der Waals surface area contributed by atoms with Crippen molar-refractivity contribution in [1.82, 2.24) is 20.4 Å². The predicted octanol–water partition coefficient (Wildman–Crippen LogP) is 2.09. The molecule has 2 aromatic carbocycles. The molecule has 0 saturated carbocycles. The quantitative estimate of drug-likeness (QED) is 0.126. The molecule has 4 atom stereocenters. The highest BCUT2D eigenvalue weighted by atomic mass is 16.6. The van der Waals surface area contributed by atoms with E-state index in [9.17, 15) is 39.6 Å². The monoisotopic (exact) mass is 698 g/mol. The molecule has 274 valence electrons. The largest absolute Gasteiger partial charge is 0.444 e. The van der Waals surface area contributed by atoms with E-state index in [0.717, 1.165) is 9.80 Å². The molecule has 0 aromatic heterocycles. The highest BCUT2D eigenvalue weighted by Crippen LogP contribution is 2.20. The molecule has 0 aliphatic heterocycles. The molecule has 14 nitrogen and oxygen atoms in total. The van der Waals surface area contributed by atoms with Crippen molar-refractivity contribution in [1.29, 1.82) is 0 Å². The van der Waals surface area contributed by atoms with Crippen LogP contribution in [-0.4, -0.2) is 103 Å². The van der Waals surface area contributed by atoms with Crippen LogP contribution in [0, 0.1) is 17.8 Å². The molecule has 0 spiro atoms. The van der Waals surface area contributed by atoms with Crippen LogP contribution >= 0.6 is 0 Å². The minimum atomic E-state index is -2.21. The van der Waals surface area contributed by atoms with Gasteiger partial charge in [0.05, 0.1) is 19.3 Å². The van der Waals surface area contributed by atoms with Gasteiger partial charge in [0.25, 0.3) is 11.8 Å². The average Bonchev–Trinajstić information content (AvgIpc) is 3.04. The van der Waals surface area contributed by atoms with Crippen molar-refractivity contribution in [2.24, 2.45) is 5.92 Å². The predicted molar refractivity (Wildman–Crippen MR) is 183 cm³/mol. The van der Waals surface area contributed by atoms with Crippen LogP contribution in [0.4, 0.5) is 9.59 Å². The van der Waals surface area contributed by atoms with E-state index in [2.05, 4.69) is 22.5 Å². The number of hydrogen-bond acceptors (Lipinski definition) is 10. The van der Waals surface area contributed by atoms with Crippen molar-refractivity contribution in [2.45, 2.75) is 97.2 Å². The molecule has 50 heavy (non-hydrogen) atoms. The lowest BCUT2D eigenvalue weighted by molar-refractivity contribution is -0.157. The number of amides is 4. The topological polar surface area (TPSA) is 198 Å². The highest BCUT2D eigenvalue weighted by Gasteiger charge is 2.42. The molecule has 0 radical (unpaired) electrons. The molecule has 0 bridgehead atoms. The van der Waals surface area contributed by atoms with Crippen LogP contribution in [0.2, 0.25) is 0 Å². The summed E-state index contributed by atoms with van der Waals surface area (Å²) in [4.78, 5) is 54.0. The Hall–Kier alpha value is -4.68. The van der Waals surface area contributed by atoms with E-state index in [0.29, 0.717) is 11.1 Å². The lowest BCUT2D eigenvalue weighted by Gasteiger charge is -2.33. The number of aliphatic hydroxyl groups is 4. The lowest BCUT2D eigenvalue weighted by atomic mass is 9.88. The normalized spacial score (nSPS) is 14.4. The first kappa shape index (κ1) is 41.5. The second-order valence-corrected chi connectivity index (χ2v) is 13.5. The number of carbonyl (C=O) groups excluding carboxylic acids is 4. The third-order valence-electron chi connectivity index (χ3n) is 6.88. The number of nitrogens with one attached hydrogen (secondary N) is 2. The molecule has 14 heteroatoms. The molecule has 0 saturated heterocycles. The Morgan fingerprint density at radius 1 is 0.660 bits per heavy atom. The Labute approximate surface area is 293 Å². The highest BCUT2D eigenvalue weighted by molar-refractivity contribution is 5.83. The number of alkyl carbamates (subject to hydrolysis) is 2. The van der Waals surface area contributed by atoms with Gasteiger partial charge < -0.3 is 50.3 Å². The SMILES string of the molecule is CC#CC(C(O)C(O)C(=O)N(CNC(=O)OC(C)(C)C)Cc1ccccc1)C(O)C(O)C(=O)N(CNC(=O)OC(C)(C)C)Cc1ccccc1. The van der Waals surface area contributed by atoms with Crippen molar-refractivity contribution < 1.29 is 49.1 Å². The molecule has 4 amide bonds. The van der Waals surface area contributed by atoms with Crippen molar-refractivity contribution in [3.8, 4) is 11.8 Å². The average molecular weight is 699 g/mol. The van der Waals surface area contributed by atoms with Gasteiger partial charge >= 0.3 is 12.2 Å². The third-order valence-corrected chi connectivity index (χ3v) is 6.88. The van der Waals surface area contributed by atoms with Gasteiger partial charge in [-0.1, -0.05) is 66.6 Å². The minimum absolute atomic E-state index is 0.0911. The van der Waals surface area contributed by atoms with E-state index in [4.69, 9.17) is 9.47 Å². The van der Waals surface area contributed by atoms with Crippen LogP contribution in [0.15, 0.2) is 60.7 Å². The van der Waals surface area contributed by atoms with Crippen LogP contribution in [-0.2, 0) is 32.2 Å². The Balaban J connectivity index is 2.29. The van der Waals surface area contributed by atoms with Crippen LogP contribution in [0.5, 0.6) is 0 Å². The standard InChI is InChI=1S/C36H50N4O10/c1-8-15-26(27(41)29(43)31(45)39(20-24-16-11-9-12-17-24)22-37-33(47)49-35(2,3)4)28(42)30(44)32(46)40(21-25-18-13-10-14-19-25)23-38-34(48)50-36(5,6)7/h9-14,16-19,26-30,41-44H,20-23H2,1-7H3,(H,37,47)(H,38,48). The molecule has 6 N–H and O–H groups in total. The summed E-state index contributed by atoms with van der Waals surface area (Å²) in [6.07, 6.45) is -10.3. The maximum Gasteiger partial charge on any atom is 0.409 e. The summed E-state index contributed by atoms with van der Waals surface area (Å²) in [7, 11) is 0. The van der Waals surface area contributed by atoms with Crippen LogP contribution < -0.4 is 10.6 Å². The zero-order chi connectivity index (χ0) is 37.6. The molecule has 2 aromatic rings. The summed E-state index contributed by atoms with van der Waals surface area (Å²) in [5.41, 5.74) is -0.371. The Kier molecular flexibility index (Phi) is 15.7. The van der Waals surface area contributed by atoms with Gasteiger partial charge in [-0.3, -0.25) is 9.59 Å². The maximum absolute atomic E-state index is 13.6. The fourth-order valence-corrected chi connectivity index (χ4v) is 4.58. The van der Waals surface area contributed by atoms with Crippen LogP contribution in [0.1, 0.15) is 59.6 Å². The number of nitrogens with zero attached hydrogens (tertiary/aromatic N) is 2. The number of ether oxygens (including phenoxy) is 2. The van der Waals surface area contributed by atoms with E-state index in [1.165, 1.54) is 6.92 Å². The van der Waals surface area contributed by atoms with Gasteiger partial charge in [-0.05, 0) is 59.6 Å². The number of hydrogen-bond donors (Lipinski definition) is 6. The van der Waals surface area contributed by atoms with Gasteiger partial charge in [0, 0.05) is 13.1 Å². The molecule has 0 aliphatic rings. The smallest absolute Gasteiger partial charge is 0.409 e. The van der Waals surface area contributed by atoms with Gasteiger partial charge in [0.15, 0.2) is 12.2 Å². The summed E-state index contributed by atoms with van der Waals surface area (Å²) in [5.74, 6) is 1.20. The van der Waals surface area contributed by atoms with Crippen LogP contribution in [0.25, 0.3) is 0 Å². The molecular formula is C36H50N4O10. The number of benzene rings is 2. The van der Waals surface area contributed by atoms with E-state index in [-0.39, 0.29) is 13.1 Å². The van der Waals surface area contributed by atoms with Gasteiger partial charge in [-0.15, -0.1) is 5.92 Å². The van der Waals surface area contributed by atoms with E-state index in [1.54, 1.807) is 102 Å². The summed E-state index contributed by atoms with van der Waals surface area (Å²) >= 11 is 0. The number of carbonyl (C=O) groups is 4. The number of aliphatic hydroxyl groups excluding tert-OH is 4. The molecular weight excluding hydrogens is 648 g/mol. The summed E-state index contributed by atoms with van der Waals surface area (Å²) < 4.78 is 10.5. The summed E-state index contributed by atoms with van der Waals surface area (Å²) in [6.45, 7) is 10.3. The molecule has 0 aliphatic carbocycles. The molecule has 0 fully saturated rings. The second-order valence-electron chi connectivity index (χ2n) is 13.5. The number of rotatable bonds is 14. The minimum Gasteiger partial charge on any atom is -0.444 e. The van der Waals surface area contributed by atoms with E-state index >= 15 is 0 Å². The van der Waals surface area contributed by atoms with Crippen molar-refractivity contribution in [3.63, 3.8) is 0 Å². The first-order valence-corrected chi connectivity index (χ1v) is 16.1. The van der Waals surface area contributed by atoms with Gasteiger partial charge in [0.2, 0.25) is 0 Å². The summed E-state index contributed by atoms with van der Waals surface area (Å²) in [6, 6.07) is 17.3. The second kappa shape index (κ2) is 18.9. The van der Waals surface area contributed by atoms with Crippen molar-refractivity contribution in [2.75, 3.05) is 13.3 Å².